The van der Waals surface area contributed by atoms with E-state index in [1.165, 1.54) is 19.6 Å². The van der Waals surface area contributed by atoms with E-state index < -0.39 is 24.1 Å². The summed E-state index contributed by atoms with van der Waals surface area (Å²) in [4.78, 5) is 58.3. The molecule has 4 rings (SSSR count). The first-order valence-electron chi connectivity index (χ1n) is 13.9. The number of carbonyl (C=O) groups excluding carboxylic acids is 4. The second-order valence-electron chi connectivity index (χ2n) is 8.35. The average Bonchev–Trinajstić information content (AvgIpc) is 3.58. The highest BCUT2D eigenvalue weighted by Crippen LogP contribution is 2.14. The van der Waals surface area contributed by atoms with Gasteiger partial charge in [-0.3, -0.25) is 9.36 Å². The van der Waals surface area contributed by atoms with E-state index in [0.29, 0.717) is 36.4 Å². The first-order chi connectivity index (χ1) is 23.0. The number of nitrogens with one attached hydrogen (secondary N) is 1. The van der Waals surface area contributed by atoms with Crippen LogP contribution in [0.5, 0.6) is 0 Å². The summed E-state index contributed by atoms with van der Waals surface area (Å²) < 4.78 is 23.2. The molecular formula is C30H34Br3N7O8. The SMILES string of the molecule is CCOC(=O)C(Nc1ccc(Br)cn1)OC.CCOC(=O)C=O.CCOC(=O)c1cncn1-c1ccc(Br)cn1.Nc1ccc(Br)cn1. The van der Waals surface area contributed by atoms with E-state index in [4.69, 9.17) is 19.9 Å². The van der Waals surface area contributed by atoms with Crippen LogP contribution in [-0.4, -0.2) is 81.9 Å². The lowest BCUT2D eigenvalue weighted by molar-refractivity contribution is -0.153. The number of halogens is 3. The highest BCUT2D eigenvalue weighted by Gasteiger charge is 2.19. The number of imidazole rings is 1. The van der Waals surface area contributed by atoms with Crippen molar-refractivity contribution in [2.75, 3.05) is 38.0 Å². The minimum atomic E-state index is -0.839. The molecule has 48 heavy (non-hydrogen) atoms. The standard InChI is InChI=1S/C11H10BrN3O2.C10H13BrN2O3.C5H5BrN2.C4H6O3/c1-2-17-11(16)9-6-13-7-15(9)10-4-3-8(12)5-14-10;1-3-16-10(14)9(15-2)13-8-5-4-7(11)6-12-8;6-4-1-2-5(7)8-3-4;1-2-7-4(6)3-5/h3-7H,2H2,1H3;4-6,9H,3H2,1-2H3,(H,12,13);1-3H,(H2,7,8);3H,2H2,1H3. The topological polar surface area (TPSA) is 200 Å². The van der Waals surface area contributed by atoms with Crippen molar-refractivity contribution in [1.82, 2.24) is 24.5 Å². The third-order valence-corrected chi connectivity index (χ3v) is 6.36. The summed E-state index contributed by atoms with van der Waals surface area (Å²) in [6, 6.07) is 10.8. The molecule has 0 amide bonds. The molecule has 0 saturated carbocycles. The predicted molar refractivity (Wildman–Crippen MR) is 187 cm³/mol. The molecule has 0 saturated heterocycles. The van der Waals surface area contributed by atoms with Gasteiger partial charge in [0.15, 0.2) is 5.69 Å². The number of ether oxygens (including phenoxy) is 4. The van der Waals surface area contributed by atoms with Gasteiger partial charge in [0.05, 0.1) is 26.0 Å². The molecule has 0 aliphatic carbocycles. The molecule has 0 radical (unpaired) electrons. The van der Waals surface area contributed by atoms with Crippen LogP contribution in [-0.2, 0) is 33.3 Å². The molecule has 4 aromatic rings. The Morgan fingerprint density at radius 2 is 1.42 bits per heavy atom. The summed E-state index contributed by atoms with van der Waals surface area (Å²) in [6.07, 6.45) is 7.24. The van der Waals surface area contributed by atoms with Crippen molar-refractivity contribution in [3.8, 4) is 5.82 Å². The second-order valence-corrected chi connectivity index (χ2v) is 11.1. The van der Waals surface area contributed by atoms with Gasteiger partial charge < -0.3 is 30.0 Å². The molecule has 0 fully saturated rings. The van der Waals surface area contributed by atoms with Gasteiger partial charge in [-0.05, 0) is 105 Å². The molecule has 1 atom stereocenters. The third kappa shape index (κ3) is 16.5. The van der Waals surface area contributed by atoms with Crippen molar-refractivity contribution >= 4 is 83.6 Å². The summed E-state index contributed by atoms with van der Waals surface area (Å²) >= 11 is 9.80. The number of methoxy groups -OCH3 is 1. The quantitative estimate of drug-likeness (QED) is 0.0696. The first-order valence-corrected chi connectivity index (χ1v) is 16.2. The maximum absolute atomic E-state index is 11.6. The Labute approximate surface area is 302 Å². The smallest absolute Gasteiger partial charge is 0.371 e. The van der Waals surface area contributed by atoms with E-state index in [1.54, 1.807) is 62.1 Å². The number of hydrogen-bond donors (Lipinski definition) is 2. The zero-order valence-corrected chi connectivity index (χ0v) is 31.1. The Balaban J connectivity index is 0.000000342. The van der Waals surface area contributed by atoms with Crippen molar-refractivity contribution < 1.29 is 38.1 Å². The van der Waals surface area contributed by atoms with E-state index >= 15 is 0 Å². The fraction of sp³-hybridized carbons (Fsp3) is 0.267. The van der Waals surface area contributed by atoms with Gasteiger partial charge >= 0.3 is 17.9 Å². The van der Waals surface area contributed by atoms with E-state index in [-0.39, 0.29) is 12.9 Å². The van der Waals surface area contributed by atoms with Gasteiger partial charge in [0.1, 0.15) is 23.8 Å². The molecule has 0 aromatic carbocycles. The Morgan fingerprint density at radius 3 is 1.85 bits per heavy atom. The molecule has 0 bridgehead atoms. The molecule has 0 aliphatic heterocycles. The fourth-order valence-corrected chi connectivity index (χ4v) is 3.64. The summed E-state index contributed by atoms with van der Waals surface area (Å²) in [7, 11) is 1.42. The Morgan fingerprint density at radius 1 is 0.833 bits per heavy atom. The highest BCUT2D eigenvalue weighted by molar-refractivity contribution is 9.11. The van der Waals surface area contributed by atoms with Gasteiger partial charge in [-0.1, -0.05) is 0 Å². The van der Waals surface area contributed by atoms with Crippen molar-refractivity contribution in [1.29, 1.82) is 0 Å². The van der Waals surface area contributed by atoms with Gasteiger partial charge in [0, 0.05) is 39.1 Å². The Hall–Kier alpha value is -4.26. The molecule has 18 heteroatoms. The van der Waals surface area contributed by atoms with Crippen molar-refractivity contribution in [3.63, 3.8) is 0 Å². The zero-order valence-electron chi connectivity index (χ0n) is 26.3. The Kier molecular flexibility index (Phi) is 20.9. The number of nitrogens with two attached hydrogens (primary N) is 1. The van der Waals surface area contributed by atoms with E-state index in [1.807, 2.05) is 18.2 Å². The molecule has 258 valence electrons. The normalized spacial score (nSPS) is 10.2. The summed E-state index contributed by atoms with van der Waals surface area (Å²) in [5.41, 5.74) is 5.66. The molecule has 0 spiro atoms. The van der Waals surface area contributed by atoms with Crippen LogP contribution in [0.25, 0.3) is 5.82 Å². The number of rotatable bonds is 10. The van der Waals surface area contributed by atoms with Crippen LogP contribution in [0.1, 0.15) is 31.3 Å². The van der Waals surface area contributed by atoms with E-state index in [0.717, 1.165) is 13.4 Å². The van der Waals surface area contributed by atoms with Gasteiger partial charge in [-0.15, -0.1) is 0 Å². The number of anilines is 2. The number of esters is 3. The average molecular weight is 860 g/mol. The maximum Gasteiger partial charge on any atom is 0.371 e. The van der Waals surface area contributed by atoms with Crippen LogP contribution in [0.2, 0.25) is 0 Å². The van der Waals surface area contributed by atoms with E-state index in [2.05, 4.69) is 77.8 Å². The maximum atomic E-state index is 11.6. The fourth-order valence-electron chi connectivity index (χ4n) is 2.94. The molecule has 4 heterocycles. The minimum absolute atomic E-state index is 0.142. The van der Waals surface area contributed by atoms with Crippen molar-refractivity contribution in [2.24, 2.45) is 0 Å². The summed E-state index contributed by atoms with van der Waals surface area (Å²) in [5, 5.41) is 2.81. The number of nitrogens with zero attached hydrogens (tertiary/aromatic N) is 5. The molecule has 0 aliphatic rings. The molecule has 1 unspecified atom stereocenters. The van der Waals surface area contributed by atoms with Crippen LogP contribution in [0.15, 0.2) is 80.9 Å². The van der Waals surface area contributed by atoms with Crippen molar-refractivity contribution in [3.05, 3.63) is 86.6 Å². The Bertz CT molecular complexity index is 1520. The van der Waals surface area contributed by atoms with Crippen molar-refractivity contribution in [2.45, 2.75) is 27.0 Å². The summed E-state index contributed by atoms with van der Waals surface area (Å²) in [5.74, 6) is 0.0389. The van der Waals surface area contributed by atoms with Crippen LogP contribution in [0, 0.1) is 0 Å². The molecule has 15 nitrogen and oxygen atoms in total. The number of aldehydes is 1. The predicted octanol–water partition coefficient (Wildman–Crippen LogP) is 5.17. The second kappa shape index (κ2) is 24.0. The zero-order chi connectivity index (χ0) is 35.9. The van der Waals surface area contributed by atoms with Crippen LogP contribution < -0.4 is 11.1 Å². The molecule has 4 aromatic heterocycles. The number of hydrogen-bond acceptors (Lipinski definition) is 14. The lowest BCUT2D eigenvalue weighted by atomic mass is 10.4. The van der Waals surface area contributed by atoms with Gasteiger partial charge in [0.25, 0.3) is 0 Å². The van der Waals surface area contributed by atoms with Gasteiger partial charge in [0.2, 0.25) is 12.5 Å². The van der Waals surface area contributed by atoms with E-state index in [9.17, 15) is 19.2 Å². The monoisotopic (exact) mass is 857 g/mol. The van der Waals surface area contributed by atoms with Gasteiger partial charge in [-0.2, -0.15) is 0 Å². The summed E-state index contributed by atoms with van der Waals surface area (Å²) in [6.45, 7) is 6.05. The minimum Gasteiger partial charge on any atom is -0.463 e. The van der Waals surface area contributed by atoms with Crippen LogP contribution in [0.3, 0.4) is 0 Å². The van der Waals surface area contributed by atoms with Crippen LogP contribution in [0.4, 0.5) is 11.6 Å². The van der Waals surface area contributed by atoms with Gasteiger partial charge in [-0.25, -0.2) is 34.3 Å². The number of aromatic nitrogens is 5. The third-order valence-electron chi connectivity index (χ3n) is 4.96. The first kappa shape index (κ1) is 41.8. The number of nitrogen functional groups attached to an aromatic ring is 1. The number of carbonyl (C=O) groups is 4. The number of pyridine rings is 3. The molecule has 3 N–H and O–H groups in total. The highest BCUT2D eigenvalue weighted by atomic mass is 79.9. The van der Waals surface area contributed by atoms with Crippen LogP contribution >= 0.6 is 47.8 Å². The lowest BCUT2D eigenvalue weighted by Gasteiger charge is -2.15. The lowest BCUT2D eigenvalue weighted by Crippen LogP contribution is -2.33. The largest absolute Gasteiger partial charge is 0.463 e. The molecular weight excluding hydrogens is 826 g/mol.